The summed E-state index contributed by atoms with van der Waals surface area (Å²) in [6.07, 6.45) is -2.32. The van der Waals surface area contributed by atoms with Crippen molar-refractivity contribution in [2.75, 3.05) is 18.5 Å². The van der Waals surface area contributed by atoms with Gasteiger partial charge in [-0.1, -0.05) is 19.9 Å². The van der Waals surface area contributed by atoms with Crippen LogP contribution in [0.5, 0.6) is 0 Å². The molecule has 1 fully saturated rings. The number of carbonyl (C=O) groups excluding carboxylic acids is 2. The molecule has 0 aromatic heterocycles. The minimum atomic E-state index is -4.57. The van der Waals surface area contributed by atoms with Crippen LogP contribution in [0.2, 0.25) is 0 Å². The van der Waals surface area contributed by atoms with Crippen LogP contribution in [-0.4, -0.2) is 41.9 Å². The molecule has 1 saturated heterocycles. The van der Waals surface area contributed by atoms with Gasteiger partial charge in [0.05, 0.1) is 23.8 Å². The predicted octanol–water partition coefficient (Wildman–Crippen LogP) is 2.97. The molecular formula is C20H23F3N6O2. The number of halogens is 3. The van der Waals surface area contributed by atoms with Crippen LogP contribution in [-0.2, 0) is 11.0 Å². The van der Waals surface area contributed by atoms with E-state index >= 15 is 0 Å². The number of likely N-dealkylation sites (N-methyl/N-ethyl adjacent to an activating group) is 1. The Bertz CT molecular complexity index is 960. The van der Waals surface area contributed by atoms with Crippen LogP contribution in [0.1, 0.15) is 32.3 Å². The lowest BCUT2D eigenvalue weighted by molar-refractivity contribution is -0.137. The van der Waals surface area contributed by atoms with E-state index in [1.165, 1.54) is 18.0 Å². The van der Waals surface area contributed by atoms with Crippen LogP contribution in [0.3, 0.4) is 0 Å². The Morgan fingerprint density at radius 3 is 2.58 bits per heavy atom. The van der Waals surface area contributed by atoms with Gasteiger partial charge in [0.15, 0.2) is 0 Å². The quantitative estimate of drug-likeness (QED) is 0.320. The minimum Gasteiger partial charge on any atom is -0.369 e. The summed E-state index contributed by atoms with van der Waals surface area (Å²) in [4.78, 5) is 30.8. The molecule has 1 aromatic carbocycles. The van der Waals surface area contributed by atoms with Gasteiger partial charge in [0.25, 0.3) is 5.91 Å². The van der Waals surface area contributed by atoms with Crippen molar-refractivity contribution in [1.82, 2.24) is 10.2 Å². The van der Waals surface area contributed by atoms with Crippen molar-refractivity contribution in [3.05, 3.63) is 41.6 Å². The largest absolute Gasteiger partial charge is 0.416 e. The average molecular weight is 436 g/mol. The fourth-order valence-corrected chi connectivity index (χ4v) is 3.06. The van der Waals surface area contributed by atoms with Gasteiger partial charge in [0.2, 0.25) is 5.96 Å². The standard InChI is InChI=1S/C20H23F3N6O2/c1-4-19(5-2)12-29(18(31)27-19)17(25)26-11-13(10-24)16(30)28(3)15-8-6-7-14(9-15)20(21,22)23/h6-9,11H,4-5,12H2,1-3H3,(H2,25,26)(H,27,31)/b13-11+. The predicted molar refractivity (Wildman–Crippen MR) is 109 cm³/mol. The number of rotatable bonds is 5. The van der Waals surface area contributed by atoms with Gasteiger partial charge < -0.3 is 16.0 Å². The van der Waals surface area contributed by atoms with Crippen molar-refractivity contribution in [2.45, 2.75) is 38.4 Å². The molecule has 2 rings (SSSR count). The Morgan fingerprint density at radius 2 is 2.06 bits per heavy atom. The molecule has 166 valence electrons. The molecule has 0 radical (unpaired) electrons. The van der Waals surface area contributed by atoms with Gasteiger partial charge in [-0.3, -0.25) is 9.69 Å². The van der Waals surface area contributed by atoms with Gasteiger partial charge >= 0.3 is 12.2 Å². The number of amides is 3. The molecular weight excluding hydrogens is 413 g/mol. The monoisotopic (exact) mass is 436 g/mol. The summed E-state index contributed by atoms with van der Waals surface area (Å²) in [5, 5.41) is 12.2. The topological polar surface area (TPSA) is 115 Å². The van der Waals surface area contributed by atoms with Gasteiger partial charge in [-0.2, -0.15) is 18.4 Å². The van der Waals surface area contributed by atoms with Crippen molar-refractivity contribution in [3.8, 4) is 6.07 Å². The molecule has 1 heterocycles. The third-order valence-electron chi connectivity index (χ3n) is 5.25. The number of nitrogens with zero attached hydrogens (tertiary/aromatic N) is 4. The fraction of sp³-hybridized carbons (Fsp3) is 0.400. The molecule has 8 nitrogen and oxygen atoms in total. The van der Waals surface area contributed by atoms with Crippen molar-refractivity contribution in [3.63, 3.8) is 0 Å². The molecule has 3 N–H and O–H groups in total. The van der Waals surface area contributed by atoms with Gasteiger partial charge in [0.1, 0.15) is 11.6 Å². The van der Waals surface area contributed by atoms with Crippen molar-refractivity contribution in [1.29, 1.82) is 5.26 Å². The van der Waals surface area contributed by atoms with E-state index in [9.17, 15) is 28.0 Å². The summed E-state index contributed by atoms with van der Waals surface area (Å²) in [5.41, 5.74) is 3.99. The summed E-state index contributed by atoms with van der Waals surface area (Å²) in [6, 6.07) is 5.36. The SMILES string of the molecule is CCC1(CC)CN(C(N)=N/C=C(\C#N)C(=O)N(C)c2cccc(C(F)(F)F)c2)C(=O)N1. The van der Waals surface area contributed by atoms with Crippen LogP contribution < -0.4 is 16.0 Å². The number of aliphatic imine (C=N–C) groups is 1. The number of nitrogens with one attached hydrogen (secondary N) is 1. The maximum atomic E-state index is 12.9. The highest BCUT2D eigenvalue weighted by atomic mass is 19.4. The van der Waals surface area contributed by atoms with E-state index in [1.807, 2.05) is 13.8 Å². The molecule has 0 atom stereocenters. The van der Waals surface area contributed by atoms with E-state index in [1.54, 1.807) is 6.07 Å². The number of alkyl halides is 3. The summed E-state index contributed by atoms with van der Waals surface area (Å²) in [7, 11) is 1.24. The number of nitriles is 1. The lowest BCUT2D eigenvalue weighted by Crippen LogP contribution is -2.42. The summed E-state index contributed by atoms with van der Waals surface area (Å²) < 4.78 is 38.7. The van der Waals surface area contributed by atoms with Gasteiger partial charge in [-0.15, -0.1) is 0 Å². The van der Waals surface area contributed by atoms with Crippen LogP contribution in [0, 0.1) is 11.3 Å². The molecule has 1 aromatic rings. The lowest BCUT2D eigenvalue weighted by atomic mass is 9.94. The Morgan fingerprint density at radius 1 is 1.42 bits per heavy atom. The van der Waals surface area contributed by atoms with Crippen LogP contribution in [0.25, 0.3) is 0 Å². The Labute approximate surface area is 177 Å². The number of benzene rings is 1. The number of hydrogen-bond acceptors (Lipinski definition) is 4. The van der Waals surface area contributed by atoms with Gasteiger partial charge in [0, 0.05) is 12.7 Å². The first kappa shape index (κ1) is 23.7. The maximum Gasteiger partial charge on any atom is 0.416 e. The Kier molecular flexibility index (Phi) is 6.95. The summed E-state index contributed by atoms with van der Waals surface area (Å²) in [5.74, 6) is -1.08. The van der Waals surface area contributed by atoms with Crippen molar-refractivity contribution in [2.24, 2.45) is 10.7 Å². The van der Waals surface area contributed by atoms with E-state index in [2.05, 4.69) is 10.3 Å². The van der Waals surface area contributed by atoms with E-state index in [4.69, 9.17) is 5.73 Å². The molecule has 0 bridgehead atoms. The number of anilines is 1. The van der Waals surface area contributed by atoms with Crippen LogP contribution in [0.4, 0.5) is 23.7 Å². The summed E-state index contributed by atoms with van der Waals surface area (Å²) >= 11 is 0. The Balaban J connectivity index is 2.24. The highest BCUT2D eigenvalue weighted by molar-refractivity contribution is 6.08. The molecule has 1 aliphatic rings. The maximum absolute atomic E-state index is 12.9. The molecule has 1 aliphatic heterocycles. The molecule has 31 heavy (non-hydrogen) atoms. The molecule has 0 aliphatic carbocycles. The van der Waals surface area contributed by atoms with Crippen molar-refractivity contribution >= 4 is 23.6 Å². The zero-order valence-corrected chi connectivity index (χ0v) is 17.3. The first-order valence-electron chi connectivity index (χ1n) is 9.46. The zero-order valence-electron chi connectivity index (χ0n) is 17.3. The highest BCUT2D eigenvalue weighted by Crippen LogP contribution is 2.31. The molecule has 11 heteroatoms. The summed E-state index contributed by atoms with van der Waals surface area (Å²) in [6.45, 7) is 4.13. The first-order chi connectivity index (χ1) is 14.5. The number of guanidine groups is 1. The minimum absolute atomic E-state index is 0.0486. The second-order valence-corrected chi connectivity index (χ2v) is 7.06. The molecule has 3 amide bonds. The smallest absolute Gasteiger partial charge is 0.369 e. The highest BCUT2D eigenvalue weighted by Gasteiger charge is 2.41. The number of carbonyl (C=O) groups is 2. The normalized spacial score (nSPS) is 16.7. The second kappa shape index (κ2) is 9.07. The zero-order chi connectivity index (χ0) is 23.4. The number of hydrogen-bond donors (Lipinski definition) is 2. The Hall–Kier alpha value is -3.55. The number of nitrogens with two attached hydrogens (primary N) is 1. The van der Waals surface area contributed by atoms with Crippen molar-refractivity contribution < 1.29 is 22.8 Å². The lowest BCUT2D eigenvalue weighted by Gasteiger charge is -2.24. The van der Waals surface area contributed by atoms with E-state index < -0.39 is 34.8 Å². The fourth-order valence-electron chi connectivity index (χ4n) is 3.06. The van der Waals surface area contributed by atoms with Gasteiger partial charge in [-0.05, 0) is 31.0 Å². The van der Waals surface area contributed by atoms with E-state index in [-0.39, 0.29) is 18.2 Å². The first-order valence-corrected chi connectivity index (χ1v) is 9.46. The third-order valence-corrected chi connectivity index (χ3v) is 5.25. The molecule has 0 saturated carbocycles. The van der Waals surface area contributed by atoms with E-state index in [0.717, 1.165) is 29.3 Å². The second-order valence-electron chi connectivity index (χ2n) is 7.06. The average Bonchev–Trinajstić information content (AvgIpc) is 3.10. The molecule has 0 spiro atoms. The third kappa shape index (κ3) is 5.14. The van der Waals surface area contributed by atoms with Gasteiger partial charge in [-0.25, -0.2) is 9.79 Å². The van der Waals surface area contributed by atoms with E-state index in [0.29, 0.717) is 12.8 Å². The number of urea groups is 1. The van der Waals surface area contributed by atoms with Crippen LogP contribution in [0.15, 0.2) is 41.0 Å². The van der Waals surface area contributed by atoms with Crippen LogP contribution >= 0.6 is 0 Å². The molecule has 0 unspecified atom stereocenters.